The van der Waals surface area contributed by atoms with Crippen molar-refractivity contribution in [1.29, 1.82) is 0 Å². The van der Waals surface area contributed by atoms with Crippen molar-refractivity contribution in [2.75, 3.05) is 11.9 Å². The lowest BCUT2D eigenvalue weighted by molar-refractivity contribution is -0.120. The van der Waals surface area contributed by atoms with Crippen LogP contribution in [0.25, 0.3) is 0 Å². The van der Waals surface area contributed by atoms with Crippen LogP contribution in [0.1, 0.15) is 43.0 Å². The van der Waals surface area contributed by atoms with E-state index in [1.54, 1.807) is 24.3 Å². The summed E-state index contributed by atoms with van der Waals surface area (Å²) < 4.78 is 0. The molecule has 2 amide bonds. The van der Waals surface area contributed by atoms with Crippen LogP contribution < -0.4 is 16.4 Å². The van der Waals surface area contributed by atoms with Crippen molar-refractivity contribution < 1.29 is 9.59 Å². The number of carbonyl (C=O) groups excluding carboxylic acids is 2. The molecule has 21 heavy (non-hydrogen) atoms. The number of amides is 2. The molecule has 0 spiro atoms. The van der Waals surface area contributed by atoms with E-state index in [2.05, 4.69) is 17.6 Å². The summed E-state index contributed by atoms with van der Waals surface area (Å²) in [4.78, 5) is 22.9. The molecular formula is C16H23N3O2. The van der Waals surface area contributed by atoms with Crippen molar-refractivity contribution in [2.24, 2.45) is 11.7 Å². The van der Waals surface area contributed by atoms with E-state index in [4.69, 9.17) is 5.73 Å². The van der Waals surface area contributed by atoms with Gasteiger partial charge in [-0.2, -0.15) is 0 Å². The third-order valence-electron chi connectivity index (χ3n) is 4.08. The zero-order valence-electron chi connectivity index (χ0n) is 12.4. The first-order chi connectivity index (χ1) is 10.1. The monoisotopic (exact) mass is 289 g/mol. The second kappa shape index (κ2) is 7.11. The number of benzene rings is 1. The third kappa shape index (κ3) is 4.48. The summed E-state index contributed by atoms with van der Waals surface area (Å²) in [5.41, 5.74) is 6.44. The predicted molar refractivity (Wildman–Crippen MR) is 83.0 cm³/mol. The Morgan fingerprint density at radius 3 is 2.48 bits per heavy atom. The van der Waals surface area contributed by atoms with E-state index >= 15 is 0 Å². The van der Waals surface area contributed by atoms with Gasteiger partial charge < -0.3 is 16.4 Å². The molecule has 0 radical (unpaired) electrons. The largest absolute Gasteiger partial charge is 0.376 e. The number of nitrogens with two attached hydrogens (primary N) is 1. The Morgan fingerprint density at radius 2 is 1.86 bits per heavy atom. The number of nitrogens with one attached hydrogen (secondary N) is 2. The smallest absolute Gasteiger partial charge is 0.248 e. The lowest BCUT2D eigenvalue weighted by Crippen LogP contribution is -2.43. The van der Waals surface area contributed by atoms with Gasteiger partial charge in [0.2, 0.25) is 11.8 Å². The van der Waals surface area contributed by atoms with Gasteiger partial charge in [-0.25, -0.2) is 0 Å². The van der Waals surface area contributed by atoms with Crippen LogP contribution in [0.5, 0.6) is 0 Å². The van der Waals surface area contributed by atoms with Crippen molar-refractivity contribution >= 4 is 17.5 Å². The van der Waals surface area contributed by atoms with E-state index in [-0.39, 0.29) is 12.5 Å². The molecule has 2 unspecified atom stereocenters. The van der Waals surface area contributed by atoms with Crippen LogP contribution >= 0.6 is 0 Å². The summed E-state index contributed by atoms with van der Waals surface area (Å²) in [5.74, 6) is 0.107. The molecule has 0 saturated heterocycles. The molecule has 5 heteroatoms. The maximum absolute atomic E-state index is 12.0. The SMILES string of the molecule is CC1CCCCC1NC(=O)CNc1ccc(C(N)=O)cc1. The van der Waals surface area contributed by atoms with Crippen LogP contribution in [-0.2, 0) is 4.79 Å². The van der Waals surface area contributed by atoms with Gasteiger partial charge in [0.05, 0.1) is 6.54 Å². The van der Waals surface area contributed by atoms with Crippen molar-refractivity contribution in [2.45, 2.75) is 38.6 Å². The Morgan fingerprint density at radius 1 is 1.19 bits per heavy atom. The topological polar surface area (TPSA) is 84.2 Å². The summed E-state index contributed by atoms with van der Waals surface area (Å²) in [6.07, 6.45) is 4.71. The minimum atomic E-state index is -0.453. The first-order valence-electron chi connectivity index (χ1n) is 7.49. The molecule has 2 atom stereocenters. The molecule has 1 aromatic rings. The predicted octanol–water partition coefficient (Wildman–Crippen LogP) is 1.89. The third-order valence-corrected chi connectivity index (χ3v) is 4.08. The number of hydrogen-bond acceptors (Lipinski definition) is 3. The number of rotatable bonds is 5. The first kappa shape index (κ1) is 15.4. The second-order valence-corrected chi connectivity index (χ2v) is 5.73. The van der Waals surface area contributed by atoms with Gasteiger partial charge in [0.25, 0.3) is 0 Å². The molecule has 0 heterocycles. The Labute approximate surface area is 125 Å². The normalized spacial score (nSPS) is 21.6. The highest BCUT2D eigenvalue weighted by molar-refractivity contribution is 5.93. The van der Waals surface area contributed by atoms with Gasteiger partial charge in [-0.05, 0) is 43.0 Å². The van der Waals surface area contributed by atoms with Crippen molar-refractivity contribution in [3.8, 4) is 0 Å². The summed E-state index contributed by atoms with van der Waals surface area (Å²) >= 11 is 0. The molecule has 5 nitrogen and oxygen atoms in total. The fourth-order valence-electron chi connectivity index (χ4n) is 2.72. The highest BCUT2D eigenvalue weighted by Crippen LogP contribution is 2.23. The van der Waals surface area contributed by atoms with Crippen LogP contribution in [0.15, 0.2) is 24.3 Å². The molecule has 2 rings (SSSR count). The Bertz CT molecular complexity index is 499. The van der Waals surface area contributed by atoms with Crippen molar-refractivity contribution in [1.82, 2.24) is 5.32 Å². The second-order valence-electron chi connectivity index (χ2n) is 5.73. The molecule has 1 aliphatic carbocycles. The molecule has 0 aliphatic heterocycles. The summed E-state index contributed by atoms with van der Waals surface area (Å²) in [6, 6.07) is 7.08. The van der Waals surface area contributed by atoms with Gasteiger partial charge in [0, 0.05) is 17.3 Å². The summed E-state index contributed by atoms with van der Waals surface area (Å²) in [5, 5.41) is 6.14. The molecule has 1 aromatic carbocycles. The standard InChI is InChI=1S/C16H23N3O2/c1-11-4-2-3-5-14(11)19-15(20)10-18-13-8-6-12(7-9-13)16(17)21/h6-9,11,14,18H,2-5,10H2,1H3,(H2,17,21)(H,19,20). The molecule has 1 aliphatic rings. The van der Waals surface area contributed by atoms with E-state index in [0.29, 0.717) is 17.5 Å². The van der Waals surface area contributed by atoms with Crippen LogP contribution in [0, 0.1) is 5.92 Å². The minimum absolute atomic E-state index is 0.00716. The van der Waals surface area contributed by atoms with Crippen LogP contribution in [-0.4, -0.2) is 24.4 Å². The maximum Gasteiger partial charge on any atom is 0.248 e. The molecule has 4 N–H and O–H groups in total. The first-order valence-corrected chi connectivity index (χ1v) is 7.49. The van der Waals surface area contributed by atoms with E-state index in [1.165, 1.54) is 19.3 Å². The van der Waals surface area contributed by atoms with Gasteiger partial charge in [-0.3, -0.25) is 9.59 Å². The summed E-state index contributed by atoms with van der Waals surface area (Å²) in [6.45, 7) is 2.43. The number of hydrogen-bond donors (Lipinski definition) is 3. The van der Waals surface area contributed by atoms with Gasteiger partial charge in [0.1, 0.15) is 0 Å². The highest BCUT2D eigenvalue weighted by Gasteiger charge is 2.22. The van der Waals surface area contributed by atoms with Gasteiger partial charge in [-0.1, -0.05) is 19.8 Å². The van der Waals surface area contributed by atoms with Crippen LogP contribution in [0.3, 0.4) is 0 Å². The molecular weight excluding hydrogens is 266 g/mol. The van der Waals surface area contributed by atoms with Gasteiger partial charge >= 0.3 is 0 Å². The molecule has 0 aromatic heterocycles. The van der Waals surface area contributed by atoms with E-state index in [9.17, 15) is 9.59 Å². The van der Waals surface area contributed by atoms with E-state index in [0.717, 1.165) is 12.1 Å². The van der Waals surface area contributed by atoms with Gasteiger partial charge in [-0.15, -0.1) is 0 Å². The van der Waals surface area contributed by atoms with Crippen molar-refractivity contribution in [3.05, 3.63) is 29.8 Å². The number of primary amides is 1. The van der Waals surface area contributed by atoms with E-state index in [1.807, 2.05) is 0 Å². The fourth-order valence-corrected chi connectivity index (χ4v) is 2.72. The van der Waals surface area contributed by atoms with E-state index < -0.39 is 5.91 Å². The Balaban J connectivity index is 1.79. The average molecular weight is 289 g/mol. The van der Waals surface area contributed by atoms with Gasteiger partial charge in [0.15, 0.2) is 0 Å². The zero-order chi connectivity index (χ0) is 15.2. The quantitative estimate of drug-likeness (QED) is 0.774. The average Bonchev–Trinajstić information content (AvgIpc) is 2.48. The minimum Gasteiger partial charge on any atom is -0.376 e. The Hall–Kier alpha value is -2.04. The van der Waals surface area contributed by atoms with Crippen molar-refractivity contribution in [3.63, 3.8) is 0 Å². The molecule has 114 valence electrons. The number of carbonyl (C=O) groups is 2. The maximum atomic E-state index is 12.0. The Kier molecular flexibility index (Phi) is 5.20. The lowest BCUT2D eigenvalue weighted by atomic mass is 9.86. The zero-order valence-corrected chi connectivity index (χ0v) is 12.4. The van der Waals surface area contributed by atoms with Crippen LogP contribution in [0.4, 0.5) is 5.69 Å². The molecule has 1 fully saturated rings. The molecule has 1 saturated carbocycles. The van der Waals surface area contributed by atoms with Crippen LogP contribution in [0.2, 0.25) is 0 Å². The molecule has 0 bridgehead atoms. The summed E-state index contributed by atoms with van der Waals surface area (Å²) in [7, 11) is 0. The number of anilines is 1. The fraction of sp³-hybridized carbons (Fsp3) is 0.500. The highest BCUT2D eigenvalue weighted by atomic mass is 16.2. The lowest BCUT2D eigenvalue weighted by Gasteiger charge is -2.29.